The summed E-state index contributed by atoms with van der Waals surface area (Å²) in [5, 5.41) is 6.09. The van der Waals surface area contributed by atoms with E-state index in [1.54, 1.807) is 37.3 Å². The van der Waals surface area contributed by atoms with E-state index in [2.05, 4.69) is 10.5 Å². The summed E-state index contributed by atoms with van der Waals surface area (Å²) in [4.78, 5) is 23.5. The number of ether oxygens (including phenoxy) is 3. The SMILES string of the molecule is CCCOc1ccc(/C=C/C(=O)OCC(=O)Nc2cc(C)on2)cc1OCC. The number of aromatic nitrogens is 1. The maximum absolute atomic E-state index is 11.8. The number of anilines is 1. The minimum absolute atomic E-state index is 0.267. The molecule has 0 aliphatic heterocycles. The molecular formula is C20H24N2O6. The van der Waals surface area contributed by atoms with Gasteiger partial charge in [-0.05, 0) is 44.0 Å². The quantitative estimate of drug-likeness (QED) is 0.492. The van der Waals surface area contributed by atoms with Crippen molar-refractivity contribution in [2.75, 3.05) is 25.1 Å². The summed E-state index contributed by atoms with van der Waals surface area (Å²) in [5.74, 6) is 0.939. The van der Waals surface area contributed by atoms with E-state index in [0.29, 0.717) is 30.5 Å². The summed E-state index contributed by atoms with van der Waals surface area (Å²) >= 11 is 0. The lowest BCUT2D eigenvalue weighted by atomic mass is 10.2. The van der Waals surface area contributed by atoms with Gasteiger partial charge in [-0.1, -0.05) is 18.1 Å². The number of carbonyl (C=O) groups is 2. The lowest BCUT2D eigenvalue weighted by molar-refractivity contribution is -0.142. The monoisotopic (exact) mass is 388 g/mol. The van der Waals surface area contributed by atoms with Crippen molar-refractivity contribution in [2.45, 2.75) is 27.2 Å². The molecule has 1 heterocycles. The average molecular weight is 388 g/mol. The van der Waals surface area contributed by atoms with E-state index in [-0.39, 0.29) is 5.82 Å². The van der Waals surface area contributed by atoms with Gasteiger partial charge in [-0.25, -0.2) is 4.79 Å². The van der Waals surface area contributed by atoms with E-state index in [4.69, 9.17) is 18.7 Å². The molecule has 0 fully saturated rings. The van der Waals surface area contributed by atoms with Crippen LogP contribution in [0, 0.1) is 6.92 Å². The second kappa shape index (κ2) is 10.8. The zero-order chi connectivity index (χ0) is 20.4. The van der Waals surface area contributed by atoms with Crippen LogP contribution in [0.4, 0.5) is 5.82 Å². The molecule has 0 bridgehead atoms. The minimum atomic E-state index is -0.643. The van der Waals surface area contributed by atoms with Crippen molar-refractivity contribution >= 4 is 23.8 Å². The lowest BCUT2D eigenvalue weighted by Gasteiger charge is -2.12. The highest BCUT2D eigenvalue weighted by Crippen LogP contribution is 2.29. The van der Waals surface area contributed by atoms with Gasteiger partial charge in [0.05, 0.1) is 13.2 Å². The van der Waals surface area contributed by atoms with Crippen molar-refractivity contribution in [3.8, 4) is 11.5 Å². The number of esters is 1. The number of rotatable bonds is 10. The number of nitrogens with one attached hydrogen (secondary N) is 1. The van der Waals surface area contributed by atoms with Crippen LogP contribution in [0.3, 0.4) is 0 Å². The normalized spacial score (nSPS) is 10.7. The van der Waals surface area contributed by atoms with Gasteiger partial charge in [0, 0.05) is 12.1 Å². The van der Waals surface area contributed by atoms with Gasteiger partial charge in [0.1, 0.15) is 5.76 Å². The number of hydrogen-bond acceptors (Lipinski definition) is 7. The highest BCUT2D eigenvalue weighted by Gasteiger charge is 2.09. The van der Waals surface area contributed by atoms with E-state index < -0.39 is 18.5 Å². The Balaban J connectivity index is 1.88. The first-order valence-corrected chi connectivity index (χ1v) is 8.99. The molecule has 8 heteroatoms. The minimum Gasteiger partial charge on any atom is -0.490 e. The van der Waals surface area contributed by atoms with Gasteiger partial charge >= 0.3 is 5.97 Å². The van der Waals surface area contributed by atoms with E-state index in [1.807, 2.05) is 13.8 Å². The van der Waals surface area contributed by atoms with Crippen LogP contribution >= 0.6 is 0 Å². The van der Waals surface area contributed by atoms with Gasteiger partial charge in [-0.15, -0.1) is 0 Å². The second-order valence-corrected chi connectivity index (χ2v) is 5.80. The summed E-state index contributed by atoms with van der Waals surface area (Å²) in [6.07, 6.45) is 3.71. The predicted octanol–water partition coefficient (Wildman–Crippen LogP) is 3.37. The Bertz CT molecular complexity index is 828. The van der Waals surface area contributed by atoms with Crippen LogP contribution in [-0.4, -0.2) is 36.9 Å². The van der Waals surface area contributed by atoms with Crippen molar-refractivity contribution in [3.05, 3.63) is 41.7 Å². The van der Waals surface area contributed by atoms with Crippen LogP contribution in [0.5, 0.6) is 11.5 Å². The molecule has 0 saturated carbocycles. The Hall–Kier alpha value is -3.29. The fourth-order valence-corrected chi connectivity index (χ4v) is 2.18. The summed E-state index contributed by atoms with van der Waals surface area (Å²) in [6, 6.07) is 6.93. The van der Waals surface area contributed by atoms with Gasteiger partial charge in [-0.2, -0.15) is 0 Å². The van der Waals surface area contributed by atoms with Crippen molar-refractivity contribution in [2.24, 2.45) is 0 Å². The van der Waals surface area contributed by atoms with E-state index in [1.165, 1.54) is 6.08 Å². The Kier molecular flexibility index (Phi) is 8.08. The summed E-state index contributed by atoms with van der Waals surface area (Å²) in [7, 11) is 0. The molecule has 0 aliphatic rings. The van der Waals surface area contributed by atoms with Crippen LogP contribution in [-0.2, 0) is 14.3 Å². The molecule has 2 rings (SSSR count). The van der Waals surface area contributed by atoms with Gasteiger partial charge < -0.3 is 24.1 Å². The highest BCUT2D eigenvalue weighted by molar-refractivity contribution is 5.94. The van der Waals surface area contributed by atoms with Gasteiger partial charge in [0.15, 0.2) is 23.9 Å². The highest BCUT2D eigenvalue weighted by atomic mass is 16.5. The Morgan fingerprint density at radius 3 is 2.68 bits per heavy atom. The number of amides is 1. The number of aryl methyl sites for hydroxylation is 1. The molecule has 2 aromatic rings. The van der Waals surface area contributed by atoms with E-state index in [9.17, 15) is 9.59 Å². The van der Waals surface area contributed by atoms with Gasteiger partial charge in [0.2, 0.25) is 0 Å². The standard InChI is InChI=1S/C20H24N2O6/c1-4-10-26-16-8-6-15(12-17(16)25-5-2)7-9-20(24)27-13-19(23)21-18-11-14(3)28-22-18/h6-9,11-12H,4-5,10,13H2,1-3H3,(H,21,22,23)/b9-7+. The lowest BCUT2D eigenvalue weighted by Crippen LogP contribution is -2.20. The van der Waals surface area contributed by atoms with Crippen LogP contribution < -0.4 is 14.8 Å². The van der Waals surface area contributed by atoms with Crippen LogP contribution in [0.25, 0.3) is 6.08 Å². The molecule has 0 spiro atoms. The third-order valence-corrected chi connectivity index (χ3v) is 3.38. The maximum atomic E-state index is 11.8. The second-order valence-electron chi connectivity index (χ2n) is 5.80. The zero-order valence-electron chi connectivity index (χ0n) is 16.2. The summed E-state index contributed by atoms with van der Waals surface area (Å²) < 4.78 is 21.0. The van der Waals surface area contributed by atoms with Crippen LogP contribution in [0.1, 0.15) is 31.6 Å². The van der Waals surface area contributed by atoms with E-state index in [0.717, 1.165) is 12.0 Å². The Labute approximate surface area is 163 Å². The molecule has 1 N–H and O–H groups in total. The fraction of sp³-hybridized carbons (Fsp3) is 0.350. The van der Waals surface area contributed by atoms with Gasteiger partial charge in [0.25, 0.3) is 5.91 Å². The van der Waals surface area contributed by atoms with Gasteiger partial charge in [-0.3, -0.25) is 4.79 Å². The Morgan fingerprint density at radius 2 is 2.00 bits per heavy atom. The molecule has 1 aromatic heterocycles. The van der Waals surface area contributed by atoms with Crippen LogP contribution in [0.15, 0.2) is 34.9 Å². The molecule has 8 nitrogen and oxygen atoms in total. The zero-order valence-corrected chi connectivity index (χ0v) is 16.2. The van der Waals surface area contributed by atoms with Crippen molar-refractivity contribution in [1.29, 1.82) is 0 Å². The third-order valence-electron chi connectivity index (χ3n) is 3.38. The molecule has 0 radical (unpaired) electrons. The van der Waals surface area contributed by atoms with Crippen molar-refractivity contribution < 1.29 is 28.3 Å². The topological polar surface area (TPSA) is 99.9 Å². The maximum Gasteiger partial charge on any atom is 0.331 e. The smallest absolute Gasteiger partial charge is 0.331 e. The molecule has 0 unspecified atom stereocenters. The molecule has 1 amide bonds. The molecule has 0 atom stereocenters. The average Bonchev–Trinajstić information content (AvgIpc) is 3.08. The van der Waals surface area contributed by atoms with E-state index >= 15 is 0 Å². The summed E-state index contributed by atoms with van der Waals surface area (Å²) in [6.45, 7) is 6.27. The Morgan fingerprint density at radius 1 is 1.18 bits per heavy atom. The molecule has 150 valence electrons. The molecule has 0 saturated heterocycles. The van der Waals surface area contributed by atoms with Crippen LogP contribution in [0.2, 0.25) is 0 Å². The molecule has 0 aliphatic carbocycles. The molecule has 1 aromatic carbocycles. The summed E-state index contributed by atoms with van der Waals surface area (Å²) in [5.41, 5.74) is 0.742. The number of carbonyl (C=O) groups excluding carboxylic acids is 2. The third kappa shape index (κ3) is 6.79. The van der Waals surface area contributed by atoms with Crippen molar-refractivity contribution in [3.63, 3.8) is 0 Å². The van der Waals surface area contributed by atoms with Crippen molar-refractivity contribution in [1.82, 2.24) is 5.16 Å². The molecular weight excluding hydrogens is 364 g/mol. The first-order valence-electron chi connectivity index (χ1n) is 8.99. The first-order chi connectivity index (χ1) is 13.5. The number of nitrogens with zero attached hydrogens (tertiary/aromatic N) is 1. The number of hydrogen-bond donors (Lipinski definition) is 1. The first kappa shape index (κ1) is 21.0. The molecule has 28 heavy (non-hydrogen) atoms. The predicted molar refractivity (Wildman–Crippen MR) is 103 cm³/mol. The number of benzene rings is 1. The largest absolute Gasteiger partial charge is 0.490 e. The fourth-order valence-electron chi connectivity index (χ4n) is 2.18.